The predicted molar refractivity (Wildman–Crippen MR) is 152 cm³/mol. The Morgan fingerprint density at radius 1 is 0.923 bits per heavy atom. The van der Waals surface area contributed by atoms with Gasteiger partial charge in [-0.2, -0.15) is 8.42 Å². The summed E-state index contributed by atoms with van der Waals surface area (Å²) >= 11 is 0. The van der Waals surface area contributed by atoms with Crippen molar-refractivity contribution in [3.05, 3.63) is 107 Å². The average molecular weight is 548 g/mol. The molecule has 0 aliphatic carbocycles. The summed E-state index contributed by atoms with van der Waals surface area (Å²) in [7, 11) is -3.81. The van der Waals surface area contributed by atoms with Crippen molar-refractivity contribution in [1.82, 2.24) is 4.98 Å². The first-order chi connectivity index (χ1) is 18.9. The van der Waals surface area contributed by atoms with Gasteiger partial charge in [-0.1, -0.05) is 61.9 Å². The van der Waals surface area contributed by atoms with Gasteiger partial charge in [0, 0.05) is 23.6 Å². The summed E-state index contributed by atoms with van der Waals surface area (Å²) in [6, 6.07) is 24.9. The van der Waals surface area contributed by atoms with Crippen LogP contribution in [0.5, 0.6) is 11.5 Å². The highest BCUT2D eigenvalue weighted by Gasteiger charge is 2.13. The molecule has 0 aliphatic rings. The Morgan fingerprint density at radius 3 is 2.41 bits per heavy atom. The molecule has 0 bridgehead atoms. The molecule has 0 fully saturated rings. The highest BCUT2D eigenvalue weighted by atomic mass is 32.2. The lowest BCUT2D eigenvalue weighted by molar-refractivity contribution is 0.295. The monoisotopic (exact) mass is 547 g/mol. The van der Waals surface area contributed by atoms with Crippen LogP contribution in [-0.2, 0) is 27.3 Å². The summed E-state index contributed by atoms with van der Waals surface area (Å²) in [5, 5.41) is 1.06. The summed E-state index contributed by atoms with van der Waals surface area (Å²) in [4.78, 5) is 4.64. The van der Waals surface area contributed by atoms with Gasteiger partial charge in [0.15, 0.2) is 0 Å². The van der Waals surface area contributed by atoms with Crippen LogP contribution in [0.25, 0.3) is 17.5 Å². The van der Waals surface area contributed by atoms with Crippen LogP contribution in [0, 0.1) is 6.92 Å². The minimum atomic E-state index is -3.81. The Labute approximate surface area is 230 Å². The Kier molecular flexibility index (Phi) is 9.94. The highest BCUT2D eigenvalue weighted by Crippen LogP contribution is 2.28. The molecule has 0 saturated carbocycles. The molecule has 0 N–H and O–H groups in total. The van der Waals surface area contributed by atoms with Gasteiger partial charge in [-0.05, 0) is 49.2 Å². The molecule has 1 aromatic heterocycles. The molecule has 1 heterocycles. The summed E-state index contributed by atoms with van der Waals surface area (Å²) in [6.07, 6.45) is 3.51. The number of aromatic nitrogens is 1. The van der Waals surface area contributed by atoms with Crippen LogP contribution in [0.2, 0.25) is 0 Å². The fraction of sp³-hybridized carbons (Fsp3) is 0.258. The van der Waals surface area contributed by atoms with E-state index in [0.717, 1.165) is 34.4 Å². The number of nitrogens with zero attached hydrogens (tertiary/aromatic N) is 1. The van der Waals surface area contributed by atoms with Crippen LogP contribution in [-0.4, -0.2) is 26.6 Å². The second-order valence-electron chi connectivity index (χ2n) is 8.93. The molecule has 0 unspecified atom stereocenters. The zero-order valence-electron chi connectivity index (χ0n) is 22.2. The SMILES string of the molecule is CCCCOS(=O)(=O)/C=C/c1ccc(OCc2ccccc2)cc1OCCc1nc(-c2ccccc2)oc1C. The smallest absolute Gasteiger partial charge is 0.290 e. The van der Waals surface area contributed by atoms with Gasteiger partial charge in [0.1, 0.15) is 23.9 Å². The van der Waals surface area contributed by atoms with E-state index in [0.29, 0.717) is 49.0 Å². The molecular weight excluding hydrogens is 514 g/mol. The van der Waals surface area contributed by atoms with E-state index < -0.39 is 10.1 Å². The summed E-state index contributed by atoms with van der Waals surface area (Å²) in [6.45, 7) is 4.71. The van der Waals surface area contributed by atoms with Gasteiger partial charge in [0.25, 0.3) is 10.1 Å². The Bertz CT molecular complexity index is 1460. The molecule has 204 valence electrons. The number of oxazole rings is 1. The van der Waals surface area contributed by atoms with Crippen molar-refractivity contribution in [2.75, 3.05) is 13.2 Å². The van der Waals surface area contributed by atoms with E-state index in [1.165, 1.54) is 6.08 Å². The minimum absolute atomic E-state index is 0.154. The van der Waals surface area contributed by atoms with Crippen LogP contribution >= 0.6 is 0 Å². The van der Waals surface area contributed by atoms with Crippen LogP contribution in [0.3, 0.4) is 0 Å². The maximum Gasteiger partial charge on any atom is 0.290 e. The third-order valence-corrected chi connectivity index (χ3v) is 6.87. The number of benzene rings is 3. The van der Waals surface area contributed by atoms with Crippen molar-refractivity contribution in [3.63, 3.8) is 0 Å². The van der Waals surface area contributed by atoms with Crippen molar-refractivity contribution in [2.24, 2.45) is 0 Å². The fourth-order valence-electron chi connectivity index (χ4n) is 3.75. The molecule has 39 heavy (non-hydrogen) atoms. The lowest BCUT2D eigenvalue weighted by Gasteiger charge is -2.12. The molecule has 4 rings (SSSR count). The highest BCUT2D eigenvalue weighted by molar-refractivity contribution is 7.89. The third kappa shape index (κ3) is 8.56. The maximum atomic E-state index is 12.3. The van der Waals surface area contributed by atoms with Gasteiger partial charge in [-0.15, -0.1) is 0 Å². The summed E-state index contributed by atoms with van der Waals surface area (Å²) in [5.74, 6) is 2.39. The van der Waals surface area contributed by atoms with Crippen LogP contribution < -0.4 is 9.47 Å². The molecular formula is C31H33NO6S. The van der Waals surface area contributed by atoms with E-state index >= 15 is 0 Å². The molecule has 0 atom stereocenters. The quantitative estimate of drug-likeness (QED) is 0.124. The number of unbranched alkanes of at least 4 members (excludes halogenated alkanes) is 1. The van der Waals surface area contributed by atoms with Crippen LogP contribution in [0.15, 0.2) is 88.7 Å². The number of ether oxygens (including phenoxy) is 2. The first-order valence-corrected chi connectivity index (χ1v) is 14.4. The summed E-state index contributed by atoms with van der Waals surface area (Å²) in [5.41, 5.74) is 3.33. The van der Waals surface area contributed by atoms with Crippen molar-refractivity contribution >= 4 is 16.2 Å². The standard InChI is InChI=1S/C31H33NO6S/c1-3-4-19-37-39(33,34)21-18-26-15-16-28(36-23-25-11-7-5-8-12-25)22-30(26)35-20-17-29-24(2)38-31(32-29)27-13-9-6-10-14-27/h5-16,18,21-22H,3-4,17,19-20,23H2,1-2H3/b21-18+. The Hall–Kier alpha value is -3.88. The topological polar surface area (TPSA) is 87.9 Å². The van der Waals surface area contributed by atoms with Gasteiger partial charge in [-0.25, -0.2) is 4.98 Å². The van der Waals surface area contributed by atoms with Gasteiger partial charge in [-0.3, -0.25) is 4.18 Å². The predicted octanol–water partition coefficient (Wildman–Crippen LogP) is 6.97. The molecule has 0 saturated heterocycles. The zero-order valence-corrected chi connectivity index (χ0v) is 23.0. The van der Waals surface area contributed by atoms with Crippen molar-refractivity contribution in [1.29, 1.82) is 0 Å². The largest absolute Gasteiger partial charge is 0.492 e. The Balaban J connectivity index is 1.48. The van der Waals surface area contributed by atoms with Gasteiger partial charge >= 0.3 is 0 Å². The average Bonchev–Trinajstić information content (AvgIpc) is 3.32. The third-order valence-electron chi connectivity index (χ3n) is 5.90. The van der Waals surface area contributed by atoms with Gasteiger partial charge < -0.3 is 13.9 Å². The van der Waals surface area contributed by atoms with E-state index in [1.54, 1.807) is 18.2 Å². The number of aryl methyl sites for hydroxylation is 1. The first kappa shape index (κ1) is 28.1. The van der Waals surface area contributed by atoms with Crippen molar-refractivity contribution in [2.45, 2.75) is 39.7 Å². The molecule has 0 amide bonds. The maximum absolute atomic E-state index is 12.3. The molecule has 0 spiro atoms. The minimum Gasteiger partial charge on any atom is -0.492 e. The van der Waals surface area contributed by atoms with E-state index in [2.05, 4.69) is 4.98 Å². The fourth-order valence-corrected chi connectivity index (χ4v) is 4.49. The molecule has 7 nitrogen and oxygen atoms in total. The normalized spacial score (nSPS) is 11.6. The molecule has 0 aliphatic heterocycles. The zero-order chi connectivity index (χ0) is 27.5. The van der Waals surface area contributed by atoms with E-state index in [9.17, 15) is 8.42 Å². The van der Waals surface area contributed by atoms with E-state index in [1.807, 2.05) is 74.5 Å². The van der Waals surface area contributed by atoms with Gasteiger partial charge in [0.2, 0.25) is 5.89 Å². The van der Waals surface area contributed by atoms with Crippen molar-refractivity contribution in [3.8, 4) is 23.0 Å². The van der Waals surface area contributed by atoms with Crippen molar-refractivity contribution < 1.29 is 26.5 Å². The molecule has 4 aromatic rings. The van der Waals surface area contributed by atoms with E-state index in [4.69, 9.17) is 18.1 Å². The van der Waals surface area contributed by atoms with E-state index in [-0.39, 0.29) is 6.61 Å². The Morgan fingerprint density at radius 2 is 1.67 bits per heavy atom. The lowest BCUT2D eigenvalue weighted by atomic mass is 10.2. The van der Waals surface area contributed by atoms with Crippen LogP contribution in [0.4, 0.5) is 0 Å². The lowest BCUT2D eigenvalue weighted by Crippen LogP contribution is -2.05. The molecule has 0 radical (unpaired) electrons. The summed E-state index contributed by atoms with van der Waals surface area (Å²) < 4.78 is 47.5. The number of hydrogen-bond acceptors (Lipinski definition) is 7. The molecule has 3 aromatic carbocycles. The second kappa shape index (κ2) is 13.8. The first-order valence-electron chi connectivity index (χ1n) is 13.0. The number of rotatable bonds is 14. The second-order valence-corrected chi connectivity index (χ2v) is 10.4. The molecule has 8 heteroatoms. The van der Waals surface area contributed by atoms with Gasteiger partial charge in [0.05, 0.1) is 24.3 Å². The van der Waals surface area contributed by atoms with Crippen LogP contribution in [0.1, 0.15) is 42.3 Å². The number of hydrogen-bond donors (Lipinski definition) is 0.